The van der Waals surface area contributed by atoms with Gasteiger partial charge in [0.25, 0.3) is 0 Å². The van der Waals surface area contributed by atoms with Crippen LogP contribution in [0.4, 0.5) is 0 Å². The fourth-order valence-electron chi connectivity index (χ4n) is 3.13. The maximum absolute atomic E-state index is 5.91. The lowest BCUT2D eigenvalue weighted by atomic mass is 10.2. The molecule has 0 saturated carbocycles. The second-order valence-corrected chi connectivity index (χ2v) is 6.44. The molecule has 0 spiro atoms. The summed E-state index contributed by atoms with van der Waals surface area (Å²) < 4.78 is 7.81. The van der Waals surface area contributed by atoms with Crippen LogP contribution in [0.25, 0.3) is 11.5 Å². The Labute approximate surface area is 145 Å². The van der Waals surface area contributed by atoms with Crippen molar-refractivity contribution in [3.8, 4) is 11.5 Å². The van der Waals surface area contributed by atoms with E-state index in [9.17, 15) is 0 Å². The molecule has 0 unspecified atom stereocenters. The Hall–Kier alpha value is -2.18. The number of likely N-dealkylation sites (tertiary alicyclic amines) is 1. The number of hydrogen-bond acceptors (Lipinski definition) is 5. The molecule has 2 aromatic heterocycles. The molecule has 1 atom stereocenters. The molecule has 0 aliphatic carbocycles. The van der Waals surface area contributed by atoms with Gasteiger partial charge in [-0.25, -0.2) is 0 Å². The smallest absolute Gasteiger partial charge is 0.247 e. The van der Waals surface area contributed by atoms with Crippen LogP contribution in [0.5, 0.6) is 0 Å². The van der Waals surface area contributed by atoms with Crippen molar-refractivity contribution in [2.24, 2.45) is 0 Å². The second kappa shape index (κ2) is 6.75. The lowest BCUT2D eigenvalue weighted by Crippen LogP contribution is -2.32. The first-order chi connectivity index (χ1) is 11.8. The van der Waals surface area contributed by atoms with Crippen LogP contribution in [-0.4, -0.2) is 37.5 Å². The Morgan fingerprint density at radius 1 is 1.21 bits per heavy atom. The Morgan fingerprint density at radius 2 is 2.08 bits per heavy atom. The van der Waals surface area contributed by atoms with Crippen molar-refractivity contribution in [1.29, 1.82) is 0 Å². The molecule has 124 valence electrons. The molecular weight excluding hydrogens is 326 g/mol. The summed E-state index contributed by atoms with van der Waals surface area (Å²) in [4.78, 5) is 2.39. The summed E-state index contributed by atoms with van der Waals surface area (Å²) in [7, 11) is 0. The molecule has 1 aliphatic rings. The van der Waals surface area contributed by atoms with Crippen molar-refractivity contribution >= 4 is 11.6 Å². The highest BCUT2D eigenvalue weighted by molar-refractivity contribution is 6.30. The van der Waals surface area contributed by atoms with E-state index in [-0.39, 0.29) is 0 Å². The highest BCUT2D eigenvalue weighted by Crippen LogP contribution is 2.24. The van der Waals surface area contributed by atoms with Gasteiger partial charge in [0.05, 0.1) is 13.1 Å². The van der Waals surface area contributed by atoms with Crippen molar-refractivity contribution in [2.75, 3.05) is 6.54 Å². The fraction of sp³-hybridized carbons (Fsp3) is 0.353. The molecular formula is C17H18ClN5O. The van der Waals surface area contributed by atoms with Crippen molar-refractivity contribution in [3.63, 3.8) is 0 Å². The van der Waals surface area contributed by atoms with Gasteiger partial charge in [-0.05, 0) is 49.7 Å². The summed E-state index contributed by atoms with van der Waals surface area (Å²) >= 11 is 5.91. The van der Waals surface area contributed by atoms with Crippen molar-refractivity contribution < 1.29 is 4.42 Å². The number of aromatic nitrogens is 4. The van der Waals surface area contributed by atoms with E-state index in [1.54, 1.807) is 0 Å². The quantitative estimate of drug-likeness (QED) is 0.711. The van der Waals surface area contributed by atoms with Gasteiger partial charge in [-0.2, -0.15) is 5.10 Å². The normalized spacial score (nSPS) is 18.3. The van der Waals surface area contributed by atoms with Gasteiger partial charge in [0.2, 0.25) is 11.8 Å². The van der Waals surface area contributed by atoms with Crippen LogP contribution in [0.2, 0.25) is 5.02 Å². The summed E-state index contributed by atoms with van der Waals surface area (Å²) in [5.74, 6) is 1.18. The monoisotopic (exact) mass is 343 g/mol. The minimum atomic E-state index is 0.454. The van der Waals surface area contributed by atoms with E-state index in [1.807, 2.05) is 47.4 Å². The maximum atomic E-state index is 5.91. The van der Waals surface area contributed by atoms with Gasteiger partial charge < -0.3 is 4.42 Å². The summed E-state index contributed by atoms with van der Waals surface area (Å²) in [5.41, 5.74) is 0.882. The average molecular weight is 344 g/mol. The van der Waals surface area contributed by atoms with E-state index >= 15 is 0 Å². The topological polar surface area (TPSA) is 60.0 Å². The molecule has 0 N–H and O–H groups in total. The molecule has 1 aromatic carbocycles. The SMILES string of the molecule is Clc1ccc(-c2nnc(CN3CCC[C@@H]3Cn3cccn3)o2)cc1. The predicted molar refractivity (Wildman–Crippen MR) is 90.4 cm³/mol. The van der Waals surface area contributed by atoms with Crippen LogP contribution in [-0.2, 0) is 13.1 Å². The zero-order valence-corrected chi connectivity index (χ0v) is 13.9. The molecule has 6 nitrogen and oxygen atoms in total. The third-order valence-corrected chi connectivity index (χ3v) is 4.60. The number of halogens is 1. The second-order valence-electron chi connectivity index (χ2n) is 6.00. The average Bonchev–Trinajstić information content (AvgIpc) is 3.32. The van der Waals surface area contributed by atoms with Crippen LogP contribution < -0.4 is 0 Å². The standard InChI is InChI=1S/C17H18ClN5O/c18-14-6-4-13(5-7-14)17-21-20-16(24-17)12-22-9-1-3-15(22)11-23-10-2-8-19-23/h2,4-8,10,15H,1,3,9,11-12H2/t15-/m1/s1. The number of hydrogen-bond donors (Lipinski definition) is 0. The van der Waals surface area contributed by atoms with Gasteiger partial charge in [0.1, 0.15) is 0 Å². The first kappa shape index (κ1) is 15.4. The zero-order chi connectivity index (χ0) is 16.4. The largest absolute Gasteiger partial charge is 0.419 e. The number of benzene rings is 1. The van der Waals surface area contributed by atoms with Crippen LogP contribution >= 0.6 is 11.6 Å². The third-order valence-electron chi connectivity index (χ3n) is 4.35. The molecule has 0 amide bonds. The highest BCUT2D eigenvalue weighted by Gasteiger charge is 2.26. The van der Waals surface area contributed by atoms with Gasteiger partial charge in [-0.1, -0.05) is 11.6 Å². The van der Waals surface area contributed by atoms with Crippen molar-refractivity contribution in [3.05, 3.63) is 53.6 Å². The van der Waals surface area contributed by atoms with Gasteiger partial charge in [0, 0.05) is 29.0 Å². The Bertz CT molecular complexity index is 784. The van der Waals surface area contributed by atoms with Crippen molar-refractivity contribution in [2.45, 2.75) is 32.0 Å². The maximum Gasteiger partial charge on any atom is 0.247 e. The van der Waals surface area contributed by atoms with E-state index < -0.39 is 0 Å². The van der Waals surface area contributed by atoms with Crippen LogP contribution in [0, 0.1) is 0 Å². The molecule has 4 rings (SSSR count). The molecule has 1 aliphatic heterocycles. The Morgan fingerprint density at radius 3 is 2.88 bits per heavy atom. The lowest BCUT2D eigenvalue weighted by Gasteiger charge is -2.22. The fourth-order valence-corrected chi connectivity index (χ4v) is 3.26. The number of nitrogens with zero attached hydrogens (tertiary/aromatic N) is 5. The lowest BCUT2D eigenvalue weighted by molar-refractivity contribution is 0.200. The predicted octanol–water partition coefficient (Wildman–Crippen LogP) is 3.25. The molecule has 1 fully saturated rings. The summed E-state index contributed by atoms with van der Waals surface area (Å²) in [6.45, 7) is 2.61. The minimum Gasteiger partial charge on any atom is -0.419 e. The van der Waals surface area contributed by atoms with E-state index in [4.69, 9.17) is 16.0 Å². The summed E-state index contributed by atoms with van der Waals surface area (Å²) in [5, 5.41) is 13.3. The molecule has 7 heteroatoms. The van der Waals surface area contributed by atoms with Crippen molar-refractivity contribution in [1.82, 2.24) is 24.9 Å². The molecule has 0 bridgehead atoms. The molecule has 3 aromatic rings. The highest BCUT2D eigenvalue weighted by atomic mass is 35.5. The van der Waals surface area contributed by atoms with Crippen LogP contribution in [0.15, 0.2) is 47.1 Å². The van der Waals surface area contributed by atoms with Crippen LogP contribution in [0.3, 0.4) is 0 Å². The third kappa shape index (κ3) is 3.34. The first-order valence-electron chi connectivity index (χ1n) is 8.08. The van der Waals surface area contributed by atoms with E-state index in [2.05, 4.69) is 20.2 Å². The van der Waals surface area contributed by atoms with Gasteiger partial charge in [-0.15, -0.1) is 10.2 Å². The van der Waals surface area contributed by atoms with Gasteiger partial charge >= 0.3 is 0 Å². The zero-order valence-electron chi connectivity index (χ0n) is 13.2. The van der Waals surface area contributed by atoms with E-state index in [0.717, 1.165) is 25.1 Å². The Kier molecular flexibility index (Phi) is 4.32. The summed E-state index contributed by atoms with van der Waals surface area (Å²) in [6, 6.07) is 9.82. The number of rotatable bonds is 5. The summed E-state index contributed by atoms with van der Waals surface area (Å²) in [6.07, 6.45) is 6.17. The first-order valence-corrected chi connectivity index (χ1v) is 8.45. The van der Waals surface area contributed by atoms with E-state index in [1.165, 1.54) is 6.42 Å². The molecule has 1 saturated heterocycles. The van der Waals surface area contributed by atoms with Gasteiger partial charge in [-0.3, -0.25) is 9.58 Å². The molecule has 3 heterocycles. The van der Waals surface area contributed by atoms with Gasteiger partial charge in [0.15, 0.2) is 0 Å². The Balaban J connectivity index is 1.44. The van der Waals surface area contributed by atoms with Crippen LogP contribution in [0.1, 0.15) is 18.7 Å². The minimum absolute atomic E-state index is 0.454. The molecule has 24 heavy (non-hydrogen) atoms. The molecule has 0 radical (unpaired) electrons. The van der Waals surface area contributed by atoms with E-state index in [0.29, 0.717) is 29.4 Å².